The molecule has 0 saturated carbocycles. The molecule has 0 aliphatic carbocycles. The van der Waals surface area contributed by atoms with Crippen LogP contribution in [-0.4, -0.2) is 4.32 Å². The summed E-state index contributed by atoms with van der Waals surface area (Å²) in [5.41, 5.74) is 4.20. The molecule has 0 aliphatic rings. The van der Waals surface area contributed by atoms with E-state index in [0.29, 0.717) is 4.32 Å². The maximum atomic E-state index is 4.89. The molecule has 1 nitrogen and oxygen atoms in total. The van der Waals surface area contributed by atoms with E-state index in [1.54, 1.807) is 0 Å². The molecule has 0 bridgehead atoms. The Labute approximate surface area is 103 Å². The van der Waals surface area contributed by atoms with E-state index < -0.39 is 0 Å². The standard InChI is InChI=1S/C12H17NS2/c1-3-9-6-5-7-10(11(9)4-2)8-13-12(14)15/h5-7H,3-4,8H2,1-2H3,(H2,13,14,15). The molecule has 0 aromatic heterocycles. The second-order valence-corrected chi connectivity index (χ2v) is 4.58. The fourth-order valence-electron chi connectivity index (χ4n) is 1.81. The van der Waals surface area contributed by atoms with Crippen LogP contribution in [0.3, 0.4) is 0 Å². The number of thiocarbonyl (C=S) groups is 1. The van der Waals surface area contributed by atoms with E-state index in [4.69, 9.17) is 12.2 Å². The minimum absolute atomic E-state index is 0.555. The first-order valence-corrected chi connectivity index (χ1v) is 6.11. The second-order valence-electron chi connectivity index (χ2n) is 3.42. The second kappa shape index (κ2) is 6.13. The van der Waals surface area contributed by atoms with Gasteiger partial charge in [0.25, 0.3) is 0 Å². The zero-order chi connectivity index (χ0) is 11.3. The highest BCUT2D eigenvalue weighted by Gasteiger charge is 2.04. The first kappa shape index (κ1) is 12.5. The van der Waals surface area contributed by atoms with E-state index in [-0.39, 0.29) is 0 Å². The predicted octanol–water partition coefficient (Wildman–Crippen LogP) is 3.12. The largest absolute Gasteiger partial charge is 0.367 e. The Morgan fingerprint density at radius 1 is 1.27 bits per heavy atom. The molecule has 0 saturated heterocycles. The smallest absolute Gasteiger partial charge is 0.130 e. The van der Waals surface area contributed by atoms with Crippen LogP contribution in [0.25, 0.3) is 0 Å². The van der Waals surface area contributed by atoms with Crippen molar-refractivity contribution in [2.45, 2.75) is 33.2 Å². The molecule has 1 aromatic rings. The summed E-state index contributed by atoms with van der Waals surface area (Å²) in [6, 6.07) is 6.45. The molecule has 15 heavy (non-hydrogen) atoms. The molecule has 1 N–H and O–H groups in total. The molecule has 0 spiro atoms. The highest BCUT2D eigenvalue weighted by molar-refractivity contribution is 8.11. The third kappa shape index (κ3) is 3.50. The van der Waals surface area contributed by atoms with Crippen LogP contribution in [0.1, 0.15) is 30.5 Å². The monoisotopic (exact) mass is 239 g/mol. The van der Waals surface area contributed by atoms with Gasteiger partial charge in [0.15, 0.2) is 0 Å². The molecular formula is C12H17NS2. The van der Waals surface area contributed by atoms with Gasteiger partial charge in [0.1, 0.15) is 4.32 Å². The number of benzene rings is 1. The summed E-state index contributed by atoms with van der Waals surface area (Å²) in [7, 11) is 0. The highest BCUT2D eigenvalue weighted by Crippen LogP contribution is 2.16. The maximum absolute atomic E-state index is 4.89. The van der Waals surface area contributed by atoms with Crippen molar-refractivity contribution in [3.63, 3.8) is 0 Å². The van der Waals surface area contributed by atoms with Gasteiger partial charge in [0.2, 0.25) is 0 Å². The van der Waals surface area contributed by atoms with Crippen molar-refractivity contribution in [3.8, 4) is 0 Å². The van der Waals surface area contributed by atoms with Crippen LogP contribution in [-0.2, 0) is 19.4 Å². The summed E-state index contributed by atoms with van der Waals surface area (Å²) in [5.74, 6) is 0. The van der Waals surface area contributed by atoms with Crippen LogP contribution in [0, 0.1) is 0 Å². The Balaban J connectivity index is 2.90. The van der Waals surface area contributed by atoms with Gasteiger partial charge in [-0.05, 0) is 29.5 Å². The third-order valence-corrected chi connectivity index (χ3v) is 2.84. The zero-order valence-electron chi connectivity index (χ0n) is 9.21. The SMILES string of the molecule is CCc1cccc(CNC(=S)S)c1CC. The number of nitrogens with one attached hydrogen (secondary N) is 1. The van der Waals surface area contributed by atoms with Gasteiger partial charge >= 0.3 is 0 Å². The molecule has 0 radical (unpaired) electrons. The van der Waals surface area contributed by atoms with Crippen molar-refractivity contribution in [1.82, 2.24) is 5.32 Å². The molecule has 1 rings (SSSR count). The maximum Gasteiger partial charge on any atom is 0.130 e. The van der Waals surface area contributed by atoms with Gasteiger partial charge in [0, 0.05) is 6.54 Å². The van der Waals surface area contributed by atoms with Crippen molar-refractivity contribution in [1.29, 1.82) is 0 Å². The first-order valence-electron chi connectivity index (χ1n) is 5.25. The van der Waals surface area contributed by atoms with Crippen molar-refractivity contribution in [3.05, 3.63) is 34.9 Å². The van der Waals surface area contributed by atoms with Crippen LogP contribution in [0.4, 0.5) is 0 Å². The summed E-state index contributed by atoms with van der Waals surface area (Å²) in [5, 5.41) is 3.08. The molecule has 0 heterocycles. The third-order valence-electron chi connectivity index (χ3n) is 2.53. The minimum Gasteiger partial charge on any atom is -0.367 e. The van der Waals surface area contributed by atoms with Gasteiger partial charge in [0.05, 0.1) is 0 Å². The van der Waals surface area contributed by atoms with Crippen LogP contribution < -0.4 is 5.32 Å². The molecule has 82 valence electrons. The summed E-state index contributed by atoms with van der Waals surface area (Å²) in [4.78, 5) is 0. The van der Waals surface area contributed by atoms with Gasteiger partial charge in [-0.15, -0.1) is 12.6 Å². The lowest BCUT2D eigenvalue weighted by Crippen LogP contribution is -2.17. The lowest BCUT2D eigenvalue weighted by molar-refractivity contribution is 0.896. The fraction of sp³-hybridized carbons (Fsp3) is 0.417. The minimum atomic E-state index is 0.555. The van der Waals surface area contributed by atoms with Gasteiger partial charge in [-0.25, -0.2) is 0 Å². The number of rotatable bonds is 4. The Morgan fingerprint density at radius 3 is 2.47 bits per heavy atom. The Morgan fingerprint density at radius 2 is 1.93 bits per heavy atom. The van der Waals surface area contributed by atoms with Gasteiger partial charge in [-0.2, -0.15) is 0 Å². The summed E-state index contributed by atoms with van der Waals surface area (Å²) < 4.78 is 0.555. The van der Waals surface area contributed by atoms with Gasteiger partial charge in [-0.3, -0.25) is 0 Å². The summed E-state index contributed by atoms with van der Waals surface area (Å²) in [6.07, 6.45) is 2.16. The van der Waals surface area contributed by atoms with Crippen LogP contribution in [0.15, 0.2) is 18.2 Å². The Hall–Kier alpha value is -0.540. The molecular weight excluding hydrogens is 222 g/mol. The number of aryl methyl sites for hydroxylation is 1. The molecule has 0 aliphatic heterocycles. The van der Waals surface area contributed by atoms with Gasteiger partial charge in [-0.1, -0.05) is 44.3 Å². The number of hydrogen-bond donors (Lipinski definition) is 2. The molecule has 0 amide bonds. The average Bonchev–Trinajstić information content (AvgIpc) is 2.25. The van der Waals surface area contributed by atoms with Gasteiger partial charge < -0.3 is 5.32 Å². The fourth-order valence-corrected chi connectivity index (χ4v) is 1.96. The van der Waals surface area contributed by atoms with E-state index in [1.165, 1.54) is 16.7 Å². The van der Waals surface area contributed by atoms with Crippen molar-refractivity contribution in [2.24, 2.45) is 0 Å². The predicted molar refractivity (Wildman–Crippen MR) is 73.6 cm³/mol. The van der Waals surface area contributed by atoms with E-state index in [2.05, 4.69) is 50.0 Å². The van der Waals surface area contributed by atoms with Crippen molar-refractivity contribution < 1.29 is 0 Å². The number of hydrogen-bond acceptors (Lipinski definition) is 1. The zero-order valence-corrected chi connectivity index (χ0v) is 10.9. The average molecular weight is 239 g/mol. The van der Waals surface area contributed by atoms with Crippen molar-refractivity contribution in [2.75, 3.05) is 0 Å². The van der Waals surface area contributed by atoms with Crippen LogP contribution in [0.2, 0.25) is 0 Å². The molecule has 3 heteroatoms. The van der Waals surface area contributed by atoms with E-state index in [0.717, 1.165) is 19.4 Å². The lowest BCUT2D eigenvalue weighted by Gasteiger charge is -2.12. The highest BCUT2D eigenvalue weighted by atomic mass is 32.1. The van der Waals surface area contributed by atoms with E-state index in [1.807, 2.05) is 0 Å². The lowest BCUT2D eigenvalue weighted by atomic mass is 9.97. The number of thiol groups is 1. The topological polar surface area (TPSA) is 12.0 Å². The normalized spacial score (nSPS) is 10.1. The first-order chi connectivity index (χ1) is 7.19. The molecule has 0 atom stereocenters. The summed E-state index contributed by atoms with van der Waals surface area (Å²) >= 11 is 8.95. The molecule has 0 unspecified atom stereocenters. The Bertz CT molecular complexity index is 347. The molecule has 0 fully saturated rings. The van der Waals surface area contributed by atoms with Crippen LogP contribution >= 0.6 is 24.8 Å². The Kier molecular flexibility index (Phi) is 5.12. The summed E-state index contributed by atoms with van der Waals surface area (Å²) in [6.45, 7) is 5.16. The quantitative estimate of drug-likeness (QED) is 0.618. The van der Waals surface area contributed by atoms with E-state index in [9.17, 15) is 0 Å². The van der Waals surface area contributed by atoms with Crippen LogP contribution in [0.5, 0.6) is 0 Å². The van der Waals surface area contributed by atoms with Crippen molar-refractivity contribution >= 4 is 29.2 Å². The molecule has 1 aromatic carbocycles. The van der Waals surface area contributed by atoms with E-state index >= 15 is 0 Å².